The van der Waals surface area contributed by atoms with Crippen molar-refractivity contribution in [2.75, 3.05) is 0 Å². The number of benzene rings is 2. The van der Waals surface area contributed by atoms with Crippen LogP contribution in [0.5, 0.6) is 5.75 Å². The molecule has 0 aliphatic heterocycles. The van der Waals surface area contributed by atoms with Crippen molar-refractivity contribution < 1.29 is 9.90 Å². The van der Waals surface area contributed by atoms with Gasteiger partial charge < -0.3 is 15.4 Å². The zero-order chi connectivity index (χ0) is 23.4. The number of amides is 1. The third-order valence-electron chi connectivity index (χ3n) is 6.31. The summed E-state index contributed by atoms with van der Waals surface area (Å²) in [4.78, 5) is 17.6. The number of unbranched alkanes of at least 4 members (excludes halogenated alkanes) is 2. The second-order valence-corrected chi connectivity index (χ2v) is 8.56. The number of pyridine rings is 1. The molecule has 4 aromatic rings. The summed E-state index contributed by atoms with van der Waals surface area (Å²) in [5.41, 5.74) is 12.2. The van der Waals surface area contributed by atoms with E-state index < -0.39 is 5.91 Å². The lowest BCUT2D eigenvalue weighted by Gasteiger charge is -2.14. The van der Waals surface area contributed by atoms with Gasteiger partial charge in [-0.2, -0.15) is 0 Å². The van der Waals surface area contributed by atoms with Crippen LogP contribution in [0.15, 0.2) is 60.7 Å². The Bertz CT molecular complexity index is 1270. The molecule has 170 valence electrons. The van der Waals surface area contributed by atoms with Crippen LogP contribution in [-0.2, 0) is 19.4 Å². The van der Waals surface area contributed by atoms with Crippen LogP contribution in [0.25, 0.3) is 22.2 Å². The van der Waals surface area contributed by atoms with E-state index in [-0.39, 0.29) is 5.75 Å². The molecule has 0 aliphatic rings. The van der Waals surface area contributed by atoms with Gasteiger partial charge in [0.05, 0.1) is 16.8 Å². The first-order chi connectivity index (χ1) is 16.0. The summed E-state index contributed by atoms with van der Waals surface area (Å²) in [5, 5.41) is 10.7. The van der Waals surface area contributed by atoms with Crippen molar-refractivity contribution in [3.8, 4) is 17.0 Å². The van der Waals surface area contributed by atoms with Crippen LogP contribution in [0.2, 0.25) is 0 Å². The minimum Gasteiger partial charge on any atom is -0.508 e. The topological polar surface area (TPSA) is 81.1 Å². The molecule has 33 heavy (non-hydrogen) atoms. The third kappa shape index (κ3) is 4.77. The van der Waals surface area contributed by atoms with Gasteiger partial charge in [-0.05, 0) is 56.0 Å². The van der Waals surface area contributed by atoms with E-state index in [1.165, 1.54) is 0 Å². The predicted octanol–water partition coefficient (Wildman–Crippen LogP) is 5.79. The molecule has 5 heteroatoms. The second-order valence-electron chi connectivity index (χ2n) is 8.56. The highest BCUT2D eigenvalue weighted by Crippen LogP contribution is 2.34. The summed E-state index contributed by atoms with van der Waals surface area (Å²) in [5.74, 6) is -0.158. The van der Waals surface area contributed by atoms with E-state index in [2.05, 4.69) is 17.6 Å². The van der Waals surface area contributed by atoms with Crippen molar-refractivity contribution in [3.63, 3.8) is 0 Å². The number of hydrogen-bond donors (Lipinski definition) is 2. The van der Waals surface area contributed by atoms with Crippen LogP contribution < -0.4 is 5.73 Å². The number of primary amides is 1. The number of rotatable bonds is 9. The molecule has 0 spiro atoms. The van der Waals surface area contributed by atoms with Crippen molar-refractivity contribution in [1.29, 1.82) is 0 Å². The number of carbonyl (C=O) groups is 1. The molecule has 0 saturated heterocycles. The SMILES string of the molecule is CCCCCc1c(-c2ccc3ccccc3n2)c(C(N)=O)c(C)n1CCc1ccc(O)cc1. The minimum absolute atomic E-state index is 0.261. The molecule has 0 unspecified atom stereocenters. The predicted molar refractivity (Wildman–Crippen MR) is 133 cm³/mol. The molecule has 4 rings (SSSR count). The molecule has 0 radical (unpaired) electrons. The zero-order valence-corrected chi connectivity index (χ0v) is 19.3. The van der Waals surface area contributed by atoms with Gasteiger partial charge in [0.2, 0.25) is 0 Å². The quantitative estimate of drug-likeness (QED) is 0.323. The second kappa shape index (κ2) is 9.90. The smallest absolute Gasteiger partial charge is 0.251 e. The molecule has 0 saturated carbocycles. The Labute approximate surface area is 194 Å². The summed E-state index contributed by atoms with van der Waals surface area (Å²) < 4.78 is 2.24. The Hall–Kier alpha value is -3.60. The Morgan fingerprint density at radius 2 is 1.76 bits per heavy atom. The summed E-state index contributed by atoms with van der Waals surface area (Å²) in [6, 6.07) is 19.4. The van der Waals surface area contributed by atoms with E-state index >= 15 is 0 Å². The summed E-state index contributed by atoms with van der Waals surface area (Å²) >= 11 is 0. The zero-order valence-electron chi connectivity index (χ0n) is 19.3. The Kier molecular flexibility index (Phi) is 6.78. The van der Waals surface area contributed by atoms with E-state index in [4.69, 9.17) is 10.7 Å². The maximum absolute atomic E-state index is 12.6. The summed E-state index contributed by atoms with van der Waals surface area (Å²) in [6.07, 6.45) is 4.94. The lowest BCUT2D eigenvalue weighted by atomic mass is 10.0. The lowest BCUT2D eigenvalue weighted by Crippen LogP contribution is -2.14. The van der Waals surface area contributed by atoms with Gasteiger partial charge in [0.1, 0.15) is 5.75 Å². The van der Waals surface area contributed by atoms with Crippen LogP contribution >= 0.6 is 0 Å². The first-order valence-electron chi connectivity index (χ1n) is 11.7. The van der Waals surface area contributed by atoms with Gasteiger partial charge in [-0.3, -0.25) is 4.79 Å². The number of nitrogens with zero attached hydrogens (tertiary/aromatic N) is 2. The molecule has 3 N–H and O–H groups in total. The fraction of sp³-hybridized carbons (Fsp3) is 0.286. The summed E-state index contributed by atoms with van der Waals surface area (Å²) in [6.45, 7) is 4.90. The largest absolute Gasteiger partial charge is 0.508 e. The number of fused-ring (bicyclic) bond motifs is 1. The third-order valence-corrected chi connectivity index (χ3v) is 6.31. The molecular formula is C28H31N3O2. The van der Waals surface area contributed by atoms with Gasteiger partial charge in [0.15, 0.2) is 0 Å². The van der Waals surface area contributed by atoms with Crippen molar-refractivity contribution in [1.82, 2.24) is 9.55 Å². The average molecular weight is 442 g/mol. The van der Waals surface area contributed by atoms with E-state index in [1.807, 2.05) is 49.4 Å². The van der Waals surface area contributed by atoms with Gasteiger partial charge in [0.25, 0.3) is 5.91 Å². The molecule has 0 bridgehead atoms. The van der Waals surface area contributed by atoms with Crippen molar-refractivity contribution in [2.24, 2.45) is 5.73 Å². The number of aromatic nitrogens is 2. The Balaban J connectivity index is 1.82. The van der Waals surface area contributed by atoms with Crippen LogP contribution in [-0.4, -0.2) is 20.6 Å². The monoisotopic (exact) mass is 441 g/mol. The Morgan fingerprint density at radius 3 is 2.48 bits per heavy atom. The summed E-state index contributed by atoms with van der Waals surface area (Å²) in [7, 11) is 0. The van der Waals surface area contributed by atoms with E-state index in [0.29, 0.717) is 5.56 Å². The van der Waals surface area contributed by atoms with Crippen molar-refractivity contribution in [3.05, 3.63) is 83.2 Å². The molecular weight excluding hydrogens is 410 g/mol. The number of nitrogens with two attached hydrogens (primary N) is 1. The highest BCUT2D eigenvalue weighted by atomic mass is 16.3. The number of phenols is 1. The van der Waals surface area contributed by atoms with E-state index in [9.17, 15) is 9.90 Å². The number of para-hydroxylation sites is 1. The van der Waals surface area contributed by atoms with Crippen molar-refractivity contribution >= 4 is 16.8 Å². The average Bonchev–Trinajstić information content (AvgIpc) is 3.10. The normalized spacial score (nSPS) is 11.2. The first-order valence-corrected chi connectivity index (χ1v) is 11.7. The maximum atomic E-state index is 12.6. The molecule has 2 aromatic heterocycles. The number of hydrogen-bond acceptors (Lipinski definition) is 3. The van der Waals surface area contributed by atoms with E-state index in [0.717, 1.165) is 77.8 Å². The standard InChI is InChI=1S/C28H31N3O2/c1-3-4-5-10-25-27(24-16-13-21-8-6-7-9-23(21)30-24)26(28(29)33)19(2)31(25)18-17-20-11-14-22(32)15-12-20/h6-9,11-16,32H,3-5,10,17-18H2,1-2H3,(H2,29,33). The fourth-order valence-electron chi connectivity index (χ4n) is 4.59. The van der Waals surface area contributed by atoms with Gasteiger partial charge in [-0.1, -0.05) is 56.2 Å². The lowest BCUT2D eigenvalue weighted by molar-refractivity contribution is 0.1000. The van der Waals surface area contributed by atoms with Crippen LogP contribution in [0.3, 0.4) is 0 Å². The van der Waals surface area contributed by atoms with Gasteiger partial charge in [-0.25, -0.2) is 4.98 Å². The van der Waals surface area contributed by atoms with Crippen molar-refractivity contribution in [2.45, 2.75) is 52.5 Å². The highest BCUT2D eigenvalue weighted by molar-refractivity contribution is 6.02. The number of aryl methyl sites for hydroxylation is 1. The van der Waals surface area contributed by atoms with Crippen LogP contribution in [0.1, 0.15) is 53.5 Å². The van der Waals surface area contributed by atoms with Gasteiger partial charge in [-0.15, -0.1) is 0 Å². The number of aromatic hydroxyl groups is 1. The first kappa shape index (κ1) is 22.6. The number of phenolic OH excluding ortho intramolecular Hbond substituents is 1. The fourth-order valence-corrected chi connectivity index (χ4v) is 4.59. The maximum Gasteiger partial charge on any atom is 0.251 e. The van der Waals surface area contributed by atoms with Crippen LogP contribution in [0, 0.1) is 6.92 Å². The molecule has 2 aromatic carbocycles. The molecule has 0 fully saturated rings. The van der Waals surface area contributed by atoms with E-state index in [1.54, 1.807) is 12.1 Å². The highest BCUT2D eigenvalue weighted by Gasteiger charge is 2.25. The van der Waals surface area contributed by atoms with Gasteiger partial charge >= 0.3 is 0 Å². The Morgan fingerprint density at radius 1 is 1.00 bits per heavy atom. The molecule has 0 atom stereocenters. The van der Waals surface area contributed by atoms with Gasteiger partial charge in [0, 0.05) is 28.9 Å². The minimum atomic E-state index is -0.419. The molecule has 2 heterocycles. The number of carbonyl (C=O) groups excluding carboxylic acids is 1. The molecule has 1 amide bonds. The molecule has 5 nitrogen and oxygen atoms in total. The molecule has 0 aliphatic carbocycles. The van der Waals surface area contributed by atoms with Crippen LogP contribution in [0.4, 0.5) is 0 Å².